The van der Waals surface area contributed by atoms with Crippen molar-refractivity contribution in [2.75, 3.05) is 13.1 Å². The van der Waals surface area contributed by atoms with Gasteiger partial charge in [0, 0.05) is 0 Å². The second kappa shape index (κ2) is 9.64. The van der Waals surface area contributed by atoms with Crippen LogP contribution in [0.2, 0.25) is 0 Å². The molecule has 0 fully saturated rings. The van der Waals surface area contributed by atoms with Gasteiger partial charge < -0.3 is 6.53 Å². The summed E-state index contributed by atoms with van der Waals surface area (Å²) in [4.78, 5) is 13.2. The molecule has 0 saturated heterocycles. The number of rotatable bonds is 7. The molecule has 15 heavy (non-hydrogen) atoms. The van der Waals surface area contributed by atoms with Crippen molar-refractivity contribution in [1.29, 1.82) is 0 Å². The Balaban J connectivity index is -0.000000845. The van der Waals surface area contributed by atoms with E-state index in [1.165, 1.54) is 0 Å². The topological polar surface area (TPSA) is 40.5 Å². The number of carboxylic acid groups (broad SMARTS) is 1. The third-order valence-electron chi connectivity index (χ3n) is 2.30. The van der Waals surface area contributed by atoms with Gasteiger partial charge in [-0.25, -0.2) is 0 Å². The van der Waals surface area contributed by atoms with Crippen LogP contribution in [0.15, 0.2) is 0 Å². The van der Waals surface area contributed by atoms with Crippen LogP contribution in [0.1, 0.15) is 42.0 Å². The van der Waals surface area contributed by atoms with E-state index in [4.69, 9.17) is 5.11 Å². The van der Waals surface area contributed by atoms with Crippen molar-refractivity contribution < 1.29 is 40.9 Å². The Morgan fingerprint density at radius 2 is 1.67 bits per heavy atom. The van der Waals surface area contributed by atoms with Crippen molar-refractivity contribution >= 4 is 5.97 Å². The predicted octanol–water partition coefficient (Wildman–Crippen LogP) is -0.666. The normalized spacial score (nSPS) is 12.7. The number of hydrogen-bond donors (Lipinski definition) is 1. The molecule has 0 amide bonds. The first-order valence-electron chi connectivity index (χ1n) is 5.51. The van der Waals surface area contributed by atoms with Crippen LogP contribution in [0.25, 0.3) is 0 Å². The smallest absolute Gasteiger partial charge is 1.00 e. The van der Waals surface area contributed by atoms with Crippen LogP contribution in [-0.4, -0.2) is 35.1 Å². The molecule has 0 rings (SSSR count). The van der Waals surface area contributed by atoms with Crippen LogP contribution in [0, 0.1) is 5.92 Å². The van der Waals surface area contributed by atoms with Crippen LogP contribution in [0.5, 0.6) is 0 Å². The molecule has 0 radical (unpaired) electrons. The second-order valence-corrected chi connectivity index (χ2v) is 4.06. The van der Waals surface area contributed by atoms with E-state index in [0.29, 0.717) is 0 Å². The molecule has 3 nitrogen and oxygen atoms in total. The zero-order valence-corrected chi connectivity index (χ0v) is 12.8. The molecule has 0 bridgehead atoms. The molecule has 0 aromatic rings. The van der Waals surface area contributed by atoms with E-state index < -0.39 is 5.97 Å². The minimum atomic E-state index is -0.693. The summed E-state index contributed by atoms with van der Waals surface area (Å²) in [5, 5.41) is 9.13. The van der Waals surface area contributed by atoms with E-state index in [0.717, 1.165) is 25.9 Å². The third-order valence-corrected chi connectivity index (χ3v) is 2.30. The molecule has 4 heteroatoms. The number of hydrogen-bond acceptors (Lipinski definition) is 2. The Bertz CT molecular complexity index is 173. The molecule has 1 atom stereocenters. The fourth-order valence-electron chi connectivity index (χ4n) is 1.83. The summed E-state index contributed by atoms with van der Waals surface area (Å²) in [5.41, 5.74) is 0. The van der Waals surface area contributed by atoms with Crippen LogP contribution in [0.3, 0.4) is 0 Å². The van der Waals surface area contributed by atoms with Crippen molar-refractivity contribution in [3.63, 3.8) is 0 Å². The molecular formula is C11H24NNaO2. The molecule has 0 aromatic heterocycles. The molecule has 0 heterocycles. The van der Waals surface area contributed by atoms with Gasteiger partial charge in [-0.05, 0) is 31.8 Å². The Kier molecular flexibility index (Phi) is 11.4. The van der Waals surface area contributed by atoms with Crippen molar-refractivity contribution in [2.24, 2.45) is 5.92 Å². The first-order valence-corrected chi connectivity index (χ1v) is 5.51. The summed E-state index contributed by atoms with van der Waals surface area (Å²) in [6, 6.07) is -0.324. The first-order chi connectivity index (χ1) is 6.54. The predicted molar refractivity (Wildman–Crippen MR) is 59.5 cm³/mol. The van der Waals surface area contributed by atoms with Crippen molar-refractivity contribution in [3.05, 3.63) is 0 Å². The van der Waals surface area contributed by atoms with Crippen molar-refractivity contribution in [2.45, 2.75) is 46.6 Å². The fourth-order valence-corrected chi connectivity index (χ4v) is 1.83. The fraction of sp³-hybridized carbons (Fsp3) is 0.909. The Hall–Kier alpha value is 0.430. The van der Waals surface area contributed by atoms with E-state index in [9.17, 15) is 4.79 Å². The average Bonchev–Trinajstić information content (AvgIpc) is 2.03. The van der Waals surface area contributed by atoms with Crippen molar-refractivity contribution in [1.82, 2.24) is 4.90 Å². The van der Waals surface area contributed by atoms with Crippen LogP contribution in [0.4, 0.5) is 0 Å². The molecule has 0 aliphatic rings. The van der Waals surface area contributed by atoms with E-state index in [1.807, 2.05) is 13.8 Å². The van der Waals surface area contributed by atoms with E-state index >= 15 is 0 Å². The number of aliphatic carboxylic acids is 1. The summed E-state index contributed by atoms with van der Waals surface area (Å²) in [6.45, 7) is 9.87. The average molecular weight is 225 g/mol. The molecular weight excluding hydrogens is 201 g/mol. The van der Waals surface area contributed by atoms with Crippen molar-refractivity contribution in [3.8, 4) is 0 Å². The van der Waals surface area contributed by atoms with Gasteiger partial charge in [-0.1, -0.05) is 27.7 Å². The van der Waals surface area contributed by atoms with Gasteiger partial charge in [0.1, 0.15) is 6.04 Å². The standard InChI is InChI=1S/C11H23NO2.Na.H/c1-5-7-12(8-6-2)10(9(3)4)11(13)14;;/h9-10H,5-8H2,1-4H3,(H,13,14);;/q;+1;-1. The molecule has 0 aliphatic heterocycles. The summed E-state index contributed by atoms with van der Waals surface area (Å²) >= 11 is 0. The molecule has 0 saturated carbocycles. The Morgan fingerprint density at radius 1 is 1.27 bits per heavy atom. The molecule has 0 spiro atoms. The quantitative estimate of drug-likeness (QED) is 0.584. The molecule has 0 aromatic carbocycles. The van der Waals surface area contributed by atoms with Crippen LogP contribution in [-0.2, 0) is 4.79 Å². The SMILES string of the molecule is CCCN(CCC)C(C(=O)O)C(C)C.[H-].[Na+]. The van der Waals surface area contributed by atoms with Crippen LogP contribution < -0.4 is 29.6 Å². The first kappa shape index (κ1) is 17.8. The summed E-state index contributed by atoms with van der Waals surface area (Å²) in [5.74, 6) is -0.521. The van der Waals surface area contributed by atoms with E-state index in [2.05, 4.69) is 18.7 Å². The van der Waals surface area contributed by atoms with E-state index in [1.54, 1.807) is 0 Å². The molecule has 1 unspecified atom stereocenters. The van der Waals surface area contributed by atoms with E-state index in [-0.39, 0.29) is 42.9 Å². The van der Waals surface area contributed by atoms with Gasteiger partial charge in [0.2, 0.25) is 0 Å². The zero-order chi connectivity index (χ0) is 11.1. The zero-order valence-electron chi connectivity index (χ0n) is 11.8. The molecule has 1 N–H and O–H groups in total. The summed E-state index contributed by atoms with van der Waals surface area (Å²) < 4.78 is 0. The maximum absolute atomic E-state index is 11.1. The molecule has 86 valence electrons. The van der Waals surface area contributed by atoms with Gasteiger partial charge in [0.05, 0.1) is 0 Å². The Morgan fingerprint density at radius 3 is 1.87 bits per heavy atom. The maximum Gasteiger partial charge on any atom is 1.00 e. The third kappa shape index (κ3) is 6.56. The Labute approximate surface area is 117 Å². The monoisotopic (exact) mass is 225 g/mol. The van der Waals surface area contributed by atoms with Gasteiger partial charge in [0.15, 0.2) is 0 Å². The van der Waals surface area contributed by atoms with Gasteiger partial charge >= 0.3 is 35.5 Å². The van der Waals surface area contributed by atoms with Gasteiger partial charge in [0.25, 0.3) is 0 Å². The summed E-state index contributed by atoms with van der Waals surface area (Å²) in [6.07, 6.45) is 2.02. The van der Waals surface area contributed by atoms with Gasteiger partial charge in [-0.3, -0.25) is 9.69 Å². The largest absolute Gasteiger partial charge is 1.00 e. The molecule has 0 aliphatic carbocycles. The number of nitrogens with zero attached hydrogens (tertiary/aromatic N) is 1. The van der Waals surface area contributed by atoms with Gasteiger partial charge in [-0.2, -0.15) is 0 Å². The maximum atomic E-state index is 11.1. The minimum absolute atomic E-state index is 0. The van der Waals surface area contributed by atoms with Crippen LogP contribution >= 0.6 is 0 Å². The minimum Gasteiger partial charge on any atom is -1.00 e. The number of carbonyl (C=O) groups is 1. The second-order valence-electron chi connectivity index (χ2n) is 4.06. The summed E-state index contributed by atoms with van der Waals surface area (Å²) in [7, 11) is 0. The number of carboxylic acids is 1. The van der Waals surface area contributed by atoms with Gasteiger partial charge in [-0.15, -0.1) is 0 Å².